The molecular formula is C19H23Cl2N5O9S2. The van der Waals surface area contributed by atoms with E-state index in [4.69, 9.17) is 20.4 Å². The molecule has 2 unspecified atom stereocenters. The molecular weight excluding hydrogens is 577 g/mol. The number of nitrogens with one attached hydrogen (secondary N) is 1. The zero-order valence-corrected chi connectivity index (χ0v) is 22.5. The van der Waals surface area contributed by atoms with E-state index in [9.17, 15) is 29.1 Å². The summed E-state index contributed by atoms with van der Waals surface area (Å²) in [6, 6.07) is -1.07. The number of ether oxygens (including phenoxy) is 1. The first kappa shape index (κ1) is 31.9. The van der Waals surface area contributed by atoms with E-state index in [0.717, 1.165) is 16.2 Å². The average Bonchev–Trinajstić information content (AvgIpc) is 3.20. The second-order valence-corrected chi connectivity index (χ2v) is 9.42. The average molecular weight is 600 g/mol. The van der Waals surface area contributed by atoms with Gasteiger partial charge in [0.2, 0.25) is 0 Å². The molecule has 5 N–H and O–H groups in total. The summed E-state index contributed by atoms with van der Waals surface area (Å²) in [4.78, 5) is 69.7. The lowest BCUT2D eigenvalue weighted by molar-refractivity contribution is -0.150. The molecule has 0 radical (unpaired) electrons. The number of nitrogens with two attached hydrogens (primary N) is 1. The monoisotopic (exact) mass is 599 g/mol. The van der Waals surface area contributed by atoms with Crippen molar-refractivity contribution >= 4 is 88.5 Å². The number of amides is 2. The first-order chi connectivity index (χ1) is 16.5. The smallest absolute Gasteiger partial charge is 0.352 e. The Morgan fingerprint density at radius 2 is 2.00 bits per heavy atom. The number of nitrogen functional groups attached to an aromatic ring is 1. The normalized spacial score (nSPS) is 19.4. The fourth-order valence-electron chi connectivity index (χ4n) is 3.22. The van der Waals surface area contributed by atoms with Gasteiger partial charge >= 0.3 is 17.9 Å². The van der Waals surface area contributed by atoms with Gasteiger partial charge in [0.05, 0.1) is 6.42 Å². The minimum Gasteiger partial charge on any atom is -0.481 e. The number of hydrogen-bond acceptors (Lipinski definition) is 12. The third-order valence-corrected chi connectivity index (χ3v) is 6.77. The molecule has 2 aliphatic heterocycles. The molecule has 2 aliphatic rings. The van der Waals surface area contributed by atoms with Gasteiger partial charge in [-0.25, -0.2) is 9.78 Å². The van der Waals surface area contributed by atoms with Gasteiger partial charge in [0.1, 0.15) is 35.5 Å². The number of fused-ring (bicyclic) bond motifs is 1. The van der Waals surface area contributed by atoms with Crippen LogP contribution in [0.1, 0.15) is 26.0 Å². The number of aromatic nitrogens is 1. The number of nitrogens with zero attached hydrogens (tertiary/aromatic N) is 3. The van der Waals surface area contributed by atoms with E-state index in [0.29, 0.717) is 0 Å². The molecule has 0 bridgehead atoms. The molecule has 3 atom stereocenters. The molecule has 18 heteroatoms. The number of rotatable bonds is 10. The highest BCUT2D eigenvalue weighted by molar-refractivity contribution is 8.00. The molecule has 1 aromatic rings. The van der Waals surface area contributed by atoms with Crippen molar-refractivity contribution in [3.63, 3.8) is 0 Å². The van der Waals surface area contributed by atoms with Crippen LogP contribution >= 0.6 is 47.9 Å². The van der Waals surface area contributed by atoms with Crippen LogP contribution in [0.5, 0.6) is 0 Å². The number of anilines is 1. The fourth-order valence-corrected chi connectivity index (χ4v) is 5.09. The van der Waals surface area contributed by atoms with E-state index < -0.39 is 47.2 Å². The lowest BCUT2D eigenvalue weighted by Gasteiger charge is -2.49. The van der Waals surface area contributed by atoms with Crippen molar-refractivity contribution in [2.24, 2.45) is 5.16 Å². The summed E-state index contributed by atoms with van der Waals surface area (Å²) < 4.78 is 4.88. The Bertz CT molecular complexity index is 1140. The molecule has 3 rings (SSSR count). The molecule has 1 fully saturated rings. The maximum absolute atomic E-state index is 13.0. The fraction of sp³-hybridized carbons (Fsp3) is 0.421. The Morgan fingerprint density at radius 1 is 1.32 bits per heavy atom. The lowest BCUT2D eigenvalue weighted by Crippen LogP contribution is -2.71. The summed E-state index contributed by atoms with van der Waals surface area (Å²) in [5.74, 6) is -4.44. The number of thioether (sulfide) groups is 1. The second-order valence-electron chi connectivity index (χ2n) is 7.42. The topological polar surface area (TPSA) is 211 Å². The van der Waals surface area contributed by atoms with Crippen LogP contribution in [-0.4, -0.2) is 85.4 Å². The number of carboxylic acid groups (broad SMARTS) is 2. The number of β-lactam (4-membered cyclic amide) rings is 1. The predicted molar refractivity (Wildman–Crippen MR) is 137 cm³/mol. The first-order valence-corrected chi connectivity index (χ1v) is 11.9. The van der Waals surface area contributed by atoms with E-state index in [2.05, 4.69) is 15.5 Å². The molecule has 14 nitrogen and oxygen atoms in total. The van der Waals surface area contributed by atoms with Crippen molar-refractivity contribution in [2.75, 3.05) is 18.1 Å². The Morgan fingerprint density at radius 3 is 2.54 bits per heavy atom. The van der Waals surface area contributed by atoms with Gasteiger partial charge in [0.15, 0.2) is 10.8 Å². The number of oxime groups is 1. The van der Waals surface area contributed by atoms with E-state index in [1.165, 1.54) is 31.0 Å². The molecule has 2 amide bonds. The molecule has 0 spiro atoms. The van der Waals surface area contributed by atoms with E-state index in [1.807, 2.05) is 0 Å². The number of carboxylic acids is 2. The number of esters is 1. The van der Waals surface area contributed by atoms with Crippen LogP contribution in [0.15, 0.2) is 21.8 Å². The van der Waals surface area contributed by atoms with Crippen molar-refractivity contribution in [3.05, 3.63) is 22.3 Å². The van der Waals surface area contributed by atoms with Crippen molar-refractivity contribution in [1.82, 2.24) is 15.2 Å². The van der Waals surface area contributed by atoms with Gasteiger partial charge in [0, 0.05) is 23.6 Å². The Kier molecular flexibility index (Phi) is 11.6. The van der Waals surface area contributed by atoms with Crippen molar-refractivity contribution < 1.29 is 43.8 Å². The van der Waals surface area contributed by atoms with Crippen LogP contribution in [0, 0.1) is 0 Å². The summed E-state index contributed by atoms with van der Waals surface area (Å²) in [5.41, 5.74) is 5.33. The van der Waals surface area contributed by atoms with Crippen LogP contribution in [0.2, 0.25) is 0 Å². The van der Waals surface area contributed by atoms with Gasteiger partial charge in [-0.1, -0.05) is 5.16 Å². The van der Waals surface area contributed by atoms with Crippen molar-refractivity contribution in [3.8, 4) is 0 Å². The molecule has 37 heavy (non-hydrogen) atoms. The van der Waals surface area contributed by atoms with E-state index in [1.54, 1.807) is 0 Å². The molecule has 0 saturated carbocycles. The predicted octanol–water partition coefficient (Wildman–Crippen LogP) is 0.454. The standard InChI is InChI=1S/C19H21N5O9S2.2ClH/c1-7(3-11(26)27)33-23-12(10-6-35-19(20)21-10)15(28)22-13-16(29)24-14(18(30)31)9(4-32-8(2)25)5-34-17(13)24;;/h6-7,13,17H,3-5H2,1-2H3,(H2,20,21)(H,22,28)(H,26,27)(H,30,31);2*1H/b23-12-;;/t7?,13?,17-;;/m1../s1. The van der Waals surface area contributed by atoms with Crippen LogP contribution in [0.3, 0.4) is 0 Å². The third kappa shape index (κ3) is 7.47. The molecule has 204 valence electrons. The van der Waals surface area contributed by atoms with Crippen LogP contribution in [0.25, 0.3) is 0 Å². The van der Waals surface area contributed by atoms with Gasteiger partial charge in [-0.15, -0.1) is 47.9 Å². The Labute approximate surface area is 230 Å². The zero-order valence-electron chi connectivity index (χ0n) is 19.2. The summed E-state index contributed by atoms with van der Waals surface area (Å²) in [7, 11) is 0. The zero-order chi connectivity index (χ0) is 25.9. The molecule has 1 aromatic heterocycles. The van der Waals surface area contributed by atoms with Gasteiger partial charge in [-0.3, -0.25) is 24.1 Å². The van der Waals surface area contributed by atoms with Crippen molar-refractivity contribution in [2.45, 2.75) is 37.8 Å². The second kappa shape index (κ2) is 13.5. The maximum Gasteiger partial charge on any atom is 0.352 e. The van der Waals surface area contributed by atoms with E-state index in [-0.39, 0.29) is 71.4 Å². The van der Waals surface area contributed by atoms with E-state index >= 15 is 0 Å². The van der Waals surface area contributed by atoms with Gasteiger partial charge in [0.25, 0.3) is 11.8 Å². The lowest BCUT2D eigenvalue weighted by atomic mass is 10.0. The number of hydrogen-bond donors (Lipinski definition) is 4. The summed E-state index contributed by atoms with van der Waals surface area (Å²) >= 11 is 2.22. The van der Waals surface area contributed by atoms with Crippen molar-refractivity contribution in [1.29, 1.82) is 0 Å². The highest BCUT2D eigenvalue weighted by atomic mass is 35.5. The Balaban J connectivity index is 0.00000342. The number of carbonyl (C=O) groups is 5. The third-order valence-electron chi connectivity index (χ3n) is 4.75. The summed E-state index contributed by atoms with van der Waals surface area (Å²) in [5, 5.41) is 25.6. The molecule has 3 heterocycles. The van der Waals surface area contributed by atoms with Crippen LogP contribution < -0.4 is 11.1 Å². The minimum atomic E-state index is -1.36. The quantitative estimate of drug-likeness (QED) is 0.125. The summed E-state index contributed by atoms with van der Waals surface area (Å²) in [6.07, 6.45) is -1.23. The number of halogens is 2. The highest BCUT2D eigenvalue weighted by Crippen LogP contribution is 2.40. The SMILES string of the molecule is CC(=O)OCC1=C(C(=O)O)N2C(=O)C(NC(=O)/C(=N\OC(C)CC(=O)O)c3csc(N)n3)[C@H]2SC1.Cl.Cl. The molecule has 0 aliphatic carbocycles. The Hall–Kier alpha value is -3.08. The number of aliphatic carboxylic acids is 2. The molecule has 0 aromatic carbocycles. The number of thiazole rings is 1. The van der Waals surface area contributed by atoms with Crippen LogP contribution in [0.4, 0.5) is 5.13 Å². The van der Waals surface area contributed by atoms with Gasteiger partial charge < -0.3 is 30.8 Å². The largest absolute Gasteiger partial charge is 0.481 e. The van der Waals surface area contributed by atoms with Crippen LogP contribution in [-0.2, 0) is 33.5 Å². The maximum atomic E-state index is 13.0. The first-order valence-electron chi connectivity index (χ1n) is 10.0. The summed E-state index contributed by atoms with van der Waals surface area (Å²) in [6.45, 7) is 2.36. The molecule has 1 saturated heterocycles. The minimum absolute atomic E-state index is 0. The van der Waals surface area contributed by atoms with Gasteiger partial charge in [-0.2, -0.15) is 0 Å². The van der Waals surface area contributed by atoms with Gasteiger partial charge in [-0.05, 0) is 6.92 Å². The number of carbonyl (C=O) groups excluding carboxylic acids is 3. The highest BCUT2D eigenvalue weighted by Gasteiger charge is 2.54.